The fraction of sp³-hybridized carbons (Fsp3) is 0.176. The summed E-state index contributed by atoms with van der Waals surface area (Å²) in [5, 5.41) is 11.2. The van der Waals surface area contributed by atoms with Crippen molar-refractivity contribution in [2.24, 2.45) is 0 Å². The Kier molecular flexibility index (Phi) is 4.08. The standard InChI is InChI=1S/C17H17NO3/c1-10-8-9-13(12(3)11(10)2)14-6-4-5-7-15(14)18-16(19)17(20)21/h4-9H,1-3H3,(H,18,19)(H,20,21). The highest BCUT2D eigenvalue weighted by Crippen LogP contribution is 2.32. The molecule has 0 bridgehead atoms. The number of carboxylic acid groups (broad SMARTS) is 1. The summed E-state index contributed by atoms with van der Waals surface area (Å²) >= 11 is 0. The third-order valence-corrected chi connectivity index (χ3v) is 3.72. The van der Waals surface area contributed by atoms with E-state index >= 15 is 0 Å². The first-order valence-electron chi connectivity index (χ1n) is 6.62. The number of carbonyl (C=O) groups is 2. The lowest BCUT2D eigenvalue weighted by molar-refractivity contribution is -0.147. The van der Waals surface area contributed by atoms with E-state index in [-0.39, 0.29) is 0 Å². The normalized spacial score (nSPS) is 10.2. The fourth-order valence-electron chi connectivity index (χ4n) is 2.25. The largest absolute Gasteiger partial charge is 0.474 e. The van der Waals surface area contributed by atoms with Gasteiger partial charge in [-0.1, -0.05) is 30.3 Å². The van der Waals surface area contributed by atoms with Crippen LogP contribution in [0.1, 0.15) is 16.7 Å². The molecular formula is C17H17NO3. The average Bonchev–Trinajstić information content (AvgIpc) is 2.46. The van der Waals surface area contributed by atoms with Gasteiger partial charge in [0.1, 0.15) is 0 Å². The molecule has 1 amide bonds. The van der Waals surface area contributed by atoms with Gasteiger partial charge in [0.15, 0.2) is 0 Å². The number of aliphatic carboxylic acids is 1. The number of para-hydroxylation sites is 1. The minimum Gasteiger partial charge on any atom is -0.474 e. The van der Waals surface area contributed by atoms with Crippen LogP contribution in [0.5, 0.6) is 0 Å². The number of amides is 1. The van der Waals surface area contributed by atoms with Crippen LogP contribution >= 0.6 is 0 Å². The average molecular weight is 283 g/mol. The number of hydrogen-bond acceptors (Lipinski definition) is 2. The van der Waals surface area contributed by atoms with E-state index in [1.165, 1.54) is 11.1 Å². The van der Waals surface area contributed by atoms with Crippen molar-refractivity contribution in [2.45, 2.75) is 20.8 Å². The first-order valence-corrected chi connectivity index (χ1v) is 6.62. The van der Waals surface area contributed by atoms with E-state index in [0.717, 1.165) is 16.7 Å². The van der Waals surface area contributed by atoms with Gasteiger partial charge in [0, 0.05) is 11.3 Å². The van der Waals surface area contributed by atoms with Gasteiger partial charge < -0.3 is 10.4 Å². The van der Waals surface area contributed by atoms with Gasteiger partial charge >= 0.3 is 11.9 Å². The molecule has 4 heteroatoms. The molecule has 2 aromatic rings. The Morgan fingerprint density at radius 2 is 1.57 bits per heavy atom. The highest BCUT2D eigenvalue weighted by atomic mass is 16.4. The quantitative estimate of drug-likeness (QED) is 0.831. The highest BCUT2D eigenvalue weighted by Gasteiger charge is 2.15. The fourth-order valence-corrected chi connectivity index (χ4v) is 2.25. The number of carbonyl (C=O) groups excluding carboxylic acids is 1. The first-order chi connectivity index (χ1) is 9.91. The maximum absolute atomic E-state index is 11.4. The predicted molar refractivity (Wildman–Crippen MR) is 82.4 cm³/mol. The van der Waals surface area contributed by atoms with Crippen LogP contribution in [-0.4, -0.2) is 17.0 Å². The number of rotatable bonds is 2. The molecule has 0 saturated carbocycles. The summed E-state index contributed by atoms with van der Waals surface area (Å²) in [5.74, 6) is -2.54. The molecule has 0 unspecified atom stereocenters. The third-order valence-electron chi connectivity index (χ3n) is 3.72. The number of nitrogens with one attached hydrogen (secondary N) is 1. The molecule has 0 aliphatic heterocycles. The summed E-state index contributed by atoms with van der Waals surface area (Å²) in [6.45, 7) is 6.12. The molecule has 0 spiro atoms. The number of carboxylic acids is 1. The molecule has 0 fully saturated rings. The molecule has 2 N–H and O–H groups in total. The first kappa shape index (κ1) is 14.8. The maximum Gasteiger partial charge on any atom is 0.394 e. The zero-order valence-electron chi connectivity index (χ0n) is 12.2. The van der Waals surface area contributed by atoms with Gasteiger partial charge in [0.2, 0.25) is 0 Å². The minimum atomic E-state index is -1.50. The summed E-state index contributed by atoms with van der Waals surface area (Å²) in [7, 11) is 0. The second-order valence-corrected chi connectivity index (χ2v) is 4.98. The van der Waals surface area contributed by atoms with Crippen molar-refractivity contribution in [1.82, 2.24) is 0 Å². The molecule has 0 atom stereocenters. The summed E-state index contributed by atoms with van der Waals surface area (Å²) < 4.78 is 0. The lowest BCUT2D eigenvalue weighted by atomic mass is 9.93. The lowest BCUT2D eigenvalue weighted by Gasteiger charge is -2.15. The van der Waals surface area contributed by atoms with Crippen molar-refractivity contribution in [3.8, 4) is 11.1 Å². The summed E-state index contributed by atoms with van der Waals surface area (Å²) in [6, 6.07) is 11.2. The number of hydrogen-bond donors (Lipinski definition) is 2. The van der Waals surface area contributed by atoms with Gasteiger partial charge in [-0.15, -0.1) is 0 Å². The molecule has 0 radical (unpaired) electrons. The Hall–Kier alpha value is -2.62. The molecule has 0 aromatic heterocycles. The van der Waals surface area contributed by atoms with Crippen molar-refractivity contribution < 1.29 is 14.7 Å². The molecule has 0 heterocycles. The minimum absolute atomic E-state index is 0.497. The zero-order valence-corrected chi connectivity index (χ0v) is 12.2. The van der Waals surface area contributed by atoms with E-state index in [4.69, 9.17) is 5.11 Å². The van der Waals surface area contributed by atoms with Crippen LogP contribution in [0.3, 0.4) is 0 Å². The predicted octanol–water partition coefficient (Wildman–Crippen LogP) is 3.30. The Morgan fingerprint density at radius 3 is 2.24 bits per heavy atom. The van der Waals surface area contributed by atoms with E-state index in [1.807, 2.05) is 45.0 Å². The van der Waals surface area contributed by atoms with E-state index < -0.39 is 11.9 Å². The van der Waals surface area contributed by atoms with Crippen molar-refractivity contribution in [1.29, 1.82) is 0 Å². The van der Waals surface area contributed by atoms with Crippen LogP contribution in [0.15, 0.2) is 36.4 Å². The highest BCUT2D eigenvalue weighted by molar-refractivity contribution is 6.36. The van der Waals surface area contributed by atoms with Crippen LogP contribution in [0.4, 0.5) is 5.69 Å². The Morgan fingerprint density at radius 1 is 0.905 bits per heavy atom. The van der Waals surface area contributed by atoms with Gasteiger partial charge in [-0.2, -0.15) is 0 Å². The molecule has 2 rings (SSSR count). The van der Waals surface area contributed by atoms with Gasteiger partial charge in [-0.05, 0) is 49.1 Å². The van der Waals surface area contributed by atoms with Crippen molar-refractivity contribution in [2.75, 3.05) is 5.32 Å². The SMILES string of the molecule is Cc1ccc(-c2ccccc2NC(=O)C(=O)O)c(C)c1C. The van der Waals surface area contributed by atoms with Crippen LogP contribution in [-0.2, 0) is 9.59 Å². The van der Waals surface area contributed by atoms with Gasteiger partial charge in [-0.25, -0.2) is 4.79 Å². The van der Waals surface area contributed by atoms with E-state index in [1.54, 1.807) is 12.1 Å². The molecule has 4 nitrogen and oxygen atoms in total. The molecule has 0 aliphatic carbocycles. The second kappa shape index (κ2) is 5.79. The van der Waals surface area contributed by atoms with E-state index in [0.29, 0.717) is 5.69 Å². The Balaban J connectivity index is 2.53. The van der Waals surface area contributed by atoms with Crippen LogP contribution in [0.25, 0.3) is 11.1 Å². The van der Waals surface area contributed by atoms with Crippen molar-refractivity contribution in [3.63, 3.8) is 0 Å². The summed E-state index contributed by atoms with van der Waals surface area (Å²) in [4.78, 5) is 22.1. The smallest absolute Gasteiger partial charge is 0.394 e. The van der Waals surface area contributed by atoms with E-state index in [2.05, 4.69) is 5.32 Å². The third kappa shape index (κ3) is 2.94. The Labute approximate surface area is 123 Å². The summed E-state index contributed by atoms with van der Waals surface area (Å²) in [6.07, 6.45) is 0. The number of anilines is 1. The van der Waals surface area contributed by atoms with Crippen molar-refractivity contribution in [3.05, 3.63) is 53.1 Å². The number of benzene rings is 2. The van der Waals surface area contributed by atoms with Gasteiger partial charge in [0.05, 0.1) is 0 Å². The van der Waals surface area contributed by atoms with Crippen LogP contribution in [0.2, 0.25) is 0 Å². The van der Waals surface area contributed by atoms with Crippen LogP contribution < -0.4 is 5.32 Å². The summed E-state index contributed by atoms with van der Waals surface area (Å²) in [5.41, 5.74) is 5.80. The molecule has 108 valence electrons. The van der Waals surface area contributed by atoms with E-state index in [9.17, 15) is 9.59 Å². The van der Waals surface area contributed by atoms with Crippen LogP contribution in [0, 0.1) is 20.8 Å². The lowest BCUT2D eigenvalue weighted by Crippen LogP contribution is -2.22. The molecule has 0 saturated heterocycles. The van der Waals surface area contributed by atoms with Crippen molar-refractivity contribution >= 4 is 17.6 Å². The second-order valence-electron chi connectivity index (χ2n) is 4.98. The maximum atomic E-state index is 11.4. The molecule has 0 aliphatic rings. The zero-order chi connectivity index (χ0) is 15.6. The molecule has 2 aromatic carbocycles. The Bertz CT molecular complexity index is 720. The topological polar surface area (TPSA) is 66.4 Å². The van der Waals surface area contributed by atoms with Gasteiger partial charge in [0.25, 0.3) is 0 Å². The monoisotopic (exact) mass is 283 g/mol. The van der Waals surface area contributed by atoms with Gasteiger partial charge in [-0.3, -0.25) is 4.79 Å². The molecular weight excluding hydrogens is 266 g/mol. The molecule has 21 heavy (non-hydrogen) atoms. The number of aryl methyl sites for hydroxylation is 1.